The summed E-state index contributed by atoms with van der Waals surface area (Å²) in [6, 6.07) is 0.658. The van der Waals surface area contributed by atoms with E-state index in [1.54, 1.807) is 0 Å². The predicted octanol–water partition coefficient (Wildman–Crippen LogP) is 0.928. The fourth-order valence-electron chi connectivity index (χ4n) is 3.37. The van der Waals surface area contributed by atoms with Crippen LogP contribution in [0.1, 0.15) is 20.3 Å². The van der Waals surface area contributed by atoms with Gasteiger partial charge in [-0.2, -0.15) is 0 Å². The molecule has 2 saturated heterocycles. The van der Waals surface area contributed by atoms with Gasteiger partial charge in [-0.15, -0.1) is 24.0 Å². The number of nitrogens with one attached hydrogen (secondary N) is 1. The minimum atomic E-state index is 0. The SMILES string of the molecule is CCN(CC)CCNC(=NC)N1CCC(N2CCOCC2)C1.I. The molecule has 1 atom stereocenters. The van der Waals surface area contributed by atoms with Gasteiger partial charge in [0.15, 0.2) is 5.96 Å². The summed E-state index contributed by atoms with van der Waals surface area (Å²) in [5, 5.41) is 3.52. The zero-order chi connectivity index (χ0) is 15.8. The Labute approximate surface area is 158 Å². The number of guanidine groups is 1. The maximum Gasteiger partial charge on any atom is 0.193 e. The highest BCUT2D eigenvalue weighted by atomic mass is 127. The van der Waals surface area contributed by atoms with Crippen LogP contribution < -0.4 is 5.32 Å². The van der Waals surface area contributed by atoms with E-state index in [-0.39, 0.29) is 24.0 Å². The average molecular weight is 439 g/mol. The summed E-state index contributed by atoms with van der Waals surface area (Å²) in [6.45, 7) is 14.8. The maximum absolute atomic E-state index is 5.46. The van der Waals surface area contributed by atoms with Crippen molar-refractivity contribution in [1.29, 1.82) is 0 Å². The van der Waals surface area contributed by atoms with Gasteiger partial charge in [-0.25, -0.2) is 0 Å². The minimum absolute atomic E-state index is 0. The first-order valence-electron chi connectivity index (χ1n) is 8.78. The van der Waals surface area contributed by atoms with Crippen molar-refractivity contribution in [2.45, 2.75) is 26.3 Å². The van der Waals surface area contributed by atoms with Crippen molar-refractivity contribution in [2.24, 2.45) is 4.99 Å². The summed E-state index contributed by atoms with van der Waals surface area (Å²) in [6.07, 6.45) is 1.23. The second-order valence-corrected chi connectivity index (χ2v) is 6.04. The molecule has 0 aliphatic carbocycles. The van der Waals surface area contributed by atoms with Crippen molar-refractivity contribution in [3.63, 3.8) is 0 Å². The van der Waals surface area contributed by atoms with Gasteiger partial charge in [0.2, 0.25) is 0 Å². The van der Waals surface area contributed by atoms with Gasteiger partial charge in [-0.05, 0) is 19.5 Å². The lowest BCUT2D eigenvalue weighted by Gasteiger charge is -2.32. The number of aliphatic imine (C=N–C) groups is 1. The normalized spacial score (nSPS) is 23.2. The molecule has 2 aliphatic rings. The molecule has 0 saturated carbocycles. The van der Waals surface area contributed by atoms with Crippen LogP contribution in [0.15, 0.2) is 4.99 Å². The third kappa shape index (κ3) is 6.36. The third-order valence-corrected chi connectivity index (χ3v) is 4.84. The summed E-state index contributed by atoms with van der Waals surface area (Å²) >= 11 is 0. The molecule has 23 heavy (non-hydrogen) atoms. The highest BCUT2D eigenvalue weighted by Gasteiger charge is 2.30. The molecule has 0 bridgehead atoms. The van der Waals surface area contributed by atoms with Crippen LogP contribution in [0.5, 0.6) is 0 Å². The number of morpholine rings is 1. The molecular formula is C16H34IN5O. The van der Waals surface area contributed by atoms with Crippen molar-refractivity contribution in [3.05, 3.63) is 0 Å². The molecule has 0 radical (unpaired) electrons. The zero-order valence-electron chi connectivity index (χ0n) is 15.0. The number of hydrogen-bond acceptors (Lipinski definition) is 4. The Kier molecular flexibility index (Phi) is 10.4. The minimum Gasteiger partial charge on any atom is -0.379 e. The van der Waals surface area contributed by atoms with Gasteiger partial charge in [0.25, 0.3) is 0 Å². The number of nitrogens with zero attached hydrogens (tertiary/aromatic N) is 4. The zero-order valence-corrected chi connectivity index (χ0v) is 17.3. The van der Waals surface area contributed by atoms with Gasteiger partial charge in [0.05, 0.1) is 13.2 Å². The summed E-state index contributed by atoms with van der Waals surface area (Å²) < 4.78 is 5.46. The molecule has 0 aromatic heterocycles. The monoisotopic (exact) mass is 439 g/mol. The molecule has 0 amide bonds. The fraction of sp³-hybridized carbons (Fsp3) is 0.938. The first-order valence-corrected chi connectivity index (χ1v) is 8.78. The summed E-state index contributed by atoms with van der Waals surface area (Å²) in [5.41, 5.74) is 0. The number of ether oxygens (including phenoxy) is 1. The van der Waals surface area contributed by atoms with Crippen molar-refractivity contribution >= 4 is 29.9 Å². The molecule has 1 N–H and O–H groups in total. The molecule has 1 unspecified atom stereocenters. The number of hydrogen-bond donors (Lipinski definition) is 1. The van der Waals surface area contributed by atoms with Crippen molar-refractivity contribution in [1.82, 2.24) is 20.0 Å². The molecule has 2 fully saturated rings. The van der Waals surface area contributed by atoms with Crippen molar-refractivity contribution in [2.75, 3.05) is 72.6 Å². The van der Waals surface area contributed by atoms with Crippen LogP contribution in [0.3, 0.4) is 0 Å². The molecule has 2 heterocycles. The quantitative estimate of drug-likeness (QED) is 0.379. The highest BCUT2D eigenvalue weighted by molar-refractivity contribution is 14.0. The molecule has 2 rings (SSSR count). The van der Waals surface area contributed by atoms with E-state index < -0.39 is 0 Å². The summed E-state index contributed by atoms with van der Waals surface area (Å²) in [7, 11) is 1.89. The van der Waals surface area contributed by atoms with Gasteiger partial charge < -0.3 is 19.9 Å². The van der Waals surface area contributed by atoms with E-state index in [0.717, 1.165) is 71.5 Å². The Morgan fingerprint density at radius 2 is 1.91 bits per heavy atom. The van der Waals surface area contributed by atoms with Crippen LogP contribution in [-0.2, 0) is 4.74 Å². The number of halogens is 1. The third-order valence-electron chi connectivity index (χ3n) is 4.84. The van der Waals surface area contributed by atoms with Crippen LogP contribution >= 0.6 is 24.0 Å². The Hall–Kier alpha value is -0.120. The van der Waals surface area contributed by atoms with Gasteiger partial charge in [-0.3, -0.25) is 9.89 Å². The Balaban J connectivity index is 0.00000264. The Morgan fingerprint density at radius 1 is 1.22 bits per heavy atom. The molecular weight excluding hydrogens is 405 g/mol. The van der Waals surface area contributed by atoms with Crippen LogP contribution in [0.4, 0.5) is 0 Å². The standard InChI is InChI=1S/C16H33N5O.HI/c1-4-19(5-2)9-7-18-16(17-3)21-8-6-15(14-21)20-10-12-22-13-11-20;/h15H,4-14H2,1-3H3,(H,17,18);1H. The number of likely N-dealkylation sites (N-methyl/N-ethyl adjacent to an activating group) is 1. The molecule has 6 nitrogen and oxygen atoms in total. The van der Waals surface area contributed by atoms with Gasteiger partial charge in [0.1, 0.15) is 0 Å². The van der Waals surface area contributed by atoms with E-state index in [2.05, 4.69) is 38.9 Å². The number of rotatable bonds is 6. The van der Waals surface area contributed by atoms with E-state index >= 15 is 0 Å². The summed E-state index contributed by atoms with van der Waals surface area (Å²) in [4.78, 5) is 11.9. The van der Waals surface area contributed by atoms with Gasteiger partial charge in [0, 0.05) is 52.4 Å². The van der Waals surface area contributed by atoms with E-state index in [0.29, 0.717) is 6.04 Å². The highest BCUT2D eigenvalue weighted by Crippen LogP contribution is 2.16. The Bertz CT molecular complexity index is 345. The van der Waals surface area contributed by atoms with Gasteiger partial charge >= 0.3 is 0 Å². The fourth-order valence-corrected chi connectivity index (χ4v) is 3.37. The molecule has 136 valence electrons. The topological polar surface area (TPSA) is 43.3 Å². The first kappa shape index (κ1) is 20.9. The molecule has 0 spiro atoms. The largest absolute Gasteiger partial charge is 0.379 e. The lowest BCUT2D eigenvalue weighted by molar-refractivity contribution is 0.0195. The van der Waals surface area contributed by atoms with E-state index in [4.69, 9.17) is 4.74 Å². The van der Waals surface area contributed by atoms with Gasteiger partial charge in [-0.1, -0.05) is 13.8 Å². The lowest BCUT2D eigenvalue weighted by atomic mass is 10.2. The number of likely N-dealkylation sites (tertiary alicyclic amines) is 1. The predicted molar refractivity (Wildman–Crippen MR) is 107 cm³/mol. The maximum atomic E-state index is 5.46. The molecule has 0 aromatic rings. The molecule has 7 heteroatoms. The lowest BCUT2D eigenvalue weighted by Crippen LogP contribution is -2.47. The van der Waals surface area contributed by atoms with Crippen LogP contribution in [-0.4, -0.2) is 99.3 Å². The van der Waals surface area contributed by atoms with E-state index in [9.17, 15) is 0 Å². The van der Waals surface area contributed by atoms with Crippen molar-refractivity contribution in [3.8, 4) is 0 Å². The Morgan fingerprint density at radius 3 is 2.52 bits per heavy atom. The van der Waals surface area contributed by atoms with Crippen molar-refractivity contribution < 1.29 is 4.74 Å². The second kappa shape index (κ2) is 11.4. The molecule has 2 aliphatic heterocycles. The van der Waals surface area contributed by atoms with E-state index in [1.807, 2.05) is 7.05 Å². The van der Waals surface area contributed by atoms with Crippen LogP contribution in [0, 0.1) is 0 Å². The van der Waals surface area contributed by atoms with Crippen LogP contribution in [0.2, 0.25) is 0 Å². The first-order chi connectivity index (χ1) is 10.8. The van der Waals surface area contributed by atoms with E-state index in [1.165, 1.54) is 6.42 Å². The average Bonchev–Trinajstić information content (AvgIpc) is 3.06. The summed E-state index contributed by atoms with van der Waals surface area (Å²) in [5.74, 6) is 1.06. The van der Waals surface area contributed by atoms with Crippen LogP contribution in [0.25, 0.3) is 0 Å². The smallest absolute Gasteiger partial charge is 0.193 e. The second-order valence-electron chi connectivity index (χ2n) is 6.04. The molecule has 0 aromatic carbocycles.